The Balaban J connectivity index is -0.0000000720. The number of rotatable bonds is 5. The van der Waals surface area contributed by atoms with E-state index in [4.69, 9.17) is 20.4 Å². The molecule has 0 aliphatic rings. The van der Waals surface area contributed by atoms with Crippen LogP contribution < -0.4 is 0 Å². The maximum atomic E-state index is 10.3. The van der Waals surface area contributed by atoms with Crippen molar-refractivity contribution in [2.45, 2.75) is 18.4 Å². The van der Waals surface area contributed by atoms with Crippen LogP contribution in [0.15, 0.2) is 0 Å². The van der Waals surface area contributed by atoms with E-state index in [0.29, 0.717) is 0 Å². The Kier molecular flexibility index (Phi) is 30.8. The van der Waals surface area contributed by atoms with Crippen molar-refractivity contribution in [3.05, 3.63) is 0 Å². The van der Waals surface area contributed by atoms with Gasteiger partial charge < -0.3 is 20.4 Å². The first kappa shape index (κ1) is 36.2. The predicted octanol–water partition coefficient (Wildman–Crippen LogP) is 0.436. The molecular formula is C6H12Cl4O7Ti. The van der Waals surface area contributed by atoms with Crippen molar-refractivity contribution in [3.8, 4) is 0 Å². The van der Waals surface area contributed by atoms with E-state index < -0.39 is 36.4 Å². The molecule has 12 heteroatoms. The summed E-state index contributed by atoms with van der Waals surface area (Å²) < 4.78 is 0. The minimum Gasteiger partial charge on any atom is -0.481 e. The number of hydrogen-bond donors (Lipinski definition) is 4. The van der Waals surface area contributed by atoms with Crippen LogP contribution in [0.5, 0.6) is 0 Å². The van der Waals surface area contributed by atoms with E-state index in [1.54, 1.807) is 0 Å². The van der Waals surface area contributed by atoms with Gasteiger partial charge in [0.15, 0.2) is 5.60 Å². The normalized spacial score (nSPS) is 7.83. The maximum absolute atomic E-state index is 10.3. The van der Waals surface area contributed by atoms with Crippen molar-refractivity contribution >= 4 is 67.5 Å². The Morgan fingerprint density at radius 3 is 1.11 bits per heavy atom. The van der Waals surface area contributed by atoms with Gasteiger partial charge >= 0.3 is 17.9 Å². The molecule has 0 saturated carbocycles. The zero-order valence-corrected chi connectivity index (χ0v) is 13.4. The Hall–Kier alpha value is 0.244. The molecule has 0 saturated heterocycles. The minimum atomic E-state index is -2.74. The molecule has 4 N–H and O–H groups in total. The quantitative estimate of drug-likeness (QED) is 0.504. The SMILES string of the molecule is Cl.Cl.Cl.Cl.O=C(O)CC(O)(CC(=O)O)C(=O)O.[Ti]. The summed E-state index contributed by atoms with van der Waals surface area (Å²) in [6, 6.07) is 0. The van der Waals surface area contributed by atoms with Crippen LogP contribution in [-0.4, -0.2) is 43.9 Å². The average molecular weight is 386 g/mol. The summed E-state index contributed by atoms with van der Waals surface area (Å²) in [6.45, 7) is 0. The Labute approximate surface area is 142 Å². The van der Waals surface area contributed by atoms with Crippen LogP contribution in [0.2, 0.25) is 0 Å². The molecule has 18 heavy (non-hydrogen) atoms. The molecule has 0 radical (unpaired) electrons. The van der Waals surface area contributed by atoms with Gasteiger partial charge in [0.2, 0.25) is 0 Å². The van der Waals surface area contributed by atoms with Crippen LogP contribution in [0.25, 0.3) is 0 Å². The summed E-state index contributed by atoms with van der Waals surface area (Å²) >= 11 is 0. The van der Waals surface area contributed by atoms with Gasteiger partial charge in [-0.3, -0.25) is 9.59 Å². The van der Waals surface area contributed by atoms with Crippen molar-refractivity contribution in [2.75, 3.05) is 0 Å². The molecule has 0 atom stereocenters. The molecule has 0 unspecified atom stereocenters. The van der Waals surface area contributed by atoms with Crippen LogP contribution in [0, 0.1) is 0 Å². The summed E-state index contributed by atoms with van der Waals surface area (Å²) in [7, 11) is 0. The van der Waals surface area contributed by atoms with Crippen LogP contribution >= 0.6 is 49.6 Å². The summed E-state index contributed by atoms with van der Waals surface area (Å²) in [5.41, 5.74) is -2.74. The second-order valence-electron chi connectivity index (χ2n) is 2.48. The number of hydrogen-bond acceptors (Lipinski definition) is 4. The summed E-state index contributed by atoms with van der Waals surface area (Å²) in [5.74, 6) is -5.02. The van der Waals surface area contributed by atoms with Gasteiger partial charge in [-0.1, -0.05) is 0 Å². The third kappa shape index (κ3) is 14.3. The number of aliphatic carboxylic acids is 3. The Morgan fingerprint density at radius 2 is 1.00 bits per heavy atom. The van der Waals surface area contributed by atoms with Crippen molar-refractivity contribution in [2.24, 2.45) is 0 Å². The number of carbonyl (C=O) groups is 3. The summed E-state index contributed by atoms with van der Waals surface area (Å²) in [5, 5.41) is 33.8. The van der Waals surface area contributed by atoms with Gasteiger partial charge in [-0.05, 0) is 0 Å². The van der Waals surface area contributed by atoms with Crippen LogP contribution in [-0.2, 0) is 36.1 Å². The number of carboxylic acid groups (broad SMARTS) is 3. The molecule has 0 amide bonds. The van der Waals surface area contributed by atoms with E-state index in [0.717, 1.165) is 0 Å². The van der Waals surface area contributed by atoms with Crippen LogP contribution in [0.1, 0.15) is 12.8 Å². The average Bonchev–Trinajstić information content (AvgIpc) is 1.82. The fourth-order valence-corrected chi connectivity index (χ4v) is 0.714. The molecule has 0 rings (SSSR count). The molecule has 0 aromatic heterocycles. The number of aliphatic hydroxyl groups is 1. The molecule has 0 fully saturated rings. The maximum Gasteiger partial charge on any atom is 0.336 e. The standard InChI is InChI=1S/C6H8O7.4ClH.Ti/c7-3(8)1-6(13,5(11)12)2-4(9)10;;;;;/h13H,1-2H2,(H,7,8)(H,9,10)(H,11,12);4*1H;. The van der Waals surface area contributed by atoms with Gasteiger partial charge in [0.05, 0.1) is 12.8 Å². The van der Waals surface area contributed by atoms with Gasteiger partial charge in [-0.25, -0.2) is 4.79 Å². The molecule has 0 aromatic rings. The zero-order chi connectivity index (χ0) is 10.6. The fourth-order valence-electron chi connectivity index (χ4n) is 0.714. The monoisotopic (exact) mass is 384 g/mol. The zero-order valence-electron chi connectivity index (χ0n) is 8.56. The Morgan fingerprint density at radius 1 is 0.778 bits per heavy atom. The first-order chi connectivity index (χ1) is 5.78. The second kappa shape index (κ2) is 15.3. The van der Waals surface area contributed by atoms with Gasteiger partial charge in [-0.2, -0.15) is 0 Å². The van der Waals surface area contributed by atoms with E-state index in [1.807, 2.05) is 0 Å². The third-order valence-corrected chi connectivity index (χ3v) is 1.29. The second-order valence-corrected chi connectivity index (χ2v) is 2.48. The molecule has 0 aliphatic heterocycles. The molecule has 0 spiro atoms. The van der Waals surface area contributed by atoms with Gasteiger partial charge in [0, 0.05) is 21.7 Å². The largest absolute Gasteiger partial charge is 0.481 e. The molecule has 0 bridgehead atoms. The van der Waals surface area contributed by atoms with E-state index in [9.17, 15) is 14.4 Å². The van der Waals surface area contributed by atoms with E-state index >= 15 is 0 Å². The molecule has 0 aromatic carbocycles. The number of halogens is 4. The first-order valence-electron chi connectivity index (χ1n) is 3.17. The molecular weight excluding hydrogens is 374 g/mol. The van der Waals surface area contributed by atoms with E-state index in [1.165, 1.54) is 0 Å². The predicted molar refractivity (Wildman–Crippen MR) is 66.1 cm³/mol. The smallest absolute Gasteiger partial charge is 0.336 e. The first-order valence-corrected chi connectivity index (χ1v) is 3.17. The minimum absolute atomic E-state index is 0. The van der Waals surface area contributed by atoms with Gasteiger partial charge in [-0.15, -0.1) is 49.6 Å². The topological polar surface area (TPSA) is 132 Å². The van der Waals surface area contributed by atoms with Crippen molar-refractivity contribution in [3.63, 3.8) is 0 Å². The number of carboxylic acids is 3. The Bertz CT molecular complexity index is 246. The van der Waals surface area contributed by atoms with E-state index in [2.05, 4.69) is 0 Å². The van der Waals surface area contributed by atoms with Gasteiger partial charge in [0.1, 0.15) is 0 Å². The third-order valence-electron chi connectivity index (χ3n) is 1.29. The summed E-state index contributed by atoms with van der Waals surface area (Å²) in [4.78, 5) is 30.5. The summed E-state index contributed by atoms with van der Waals surface area (Å²) in [6.07, 6.45) is -2.29. The van der Waals surface area contributed by atoms with Crippen LogP contribution in [0.3, 0.4) is 0 Å². The molecule has 0 heterocycles. The molecule has 110 valence electrons. The molecule has 7 nitrogen and oxygen atoms in total. The van der Waals surface area contributed by atoms with E-state index in [-0.39, 0.29) is 71.3 Å². The van der Waals surface area contributed by atoms with Crippen molar-refractivity contribution in [1.29, 1.82) is 0 Å². The van der Waals surface area contributed by atoms with Crippen molar-refractivity contribution < 1.29 is 56.5 Å². The van der Waals surface area contributed by atoms with Gasteiger partial charge in [0.25, 0.3) is 0 Å². The molecule has 0 aliphatic carbocycles. The fraction of sp³-hybridized carbons (Fsp3) is 0.500. The van der Waals surface area contributed by atoms with Crippen molar-refractivity contribution in [1.82, 2.24) is 0 Å². The van der Waals surface area contributed by atoms with Crippen LogP contribution in [0.4, 0.5) is 0 Å².